The summed E-state index contributed by atoms with van der Waals surface area (Å²) >= 11 is 0. The van der Waals surface area contributed by atoms with Crippen molar-refractivity contribution in [2.45, 2.75) is 26.7 Å². The highest BCUT2D eigenvalue weighted by Gasteiger charge is 2.11. The van der Waals surface area contributed by atoms with E-state index in [1.807, 2.05) is 36.3 Å². The predicted octanol–water partition coefficient (Wildman–Crippen LogP) is 3.76. The lowest BCUT2D eigenvalue weighted by Crippen LogP contribution is -2.02. The normalized spacial score (nSPS) is 11.0. The van der Waals surface area contributed by atoms with Gasteiger partial charge in [0, 0.05) is 24.2 Å². The lowest BCUT2D eigenvalue weighted by Gasteiger charge is -2.14. The van der Waals surface area contributed by atoms with Crippen LogP contribution in [0.25, 0.3) is 16.8 Å². The molecule has 0 saturated heterocycles. The van der Waals surface area contributed by atoms with Crippen molar-refractivity contribution in [2.75, 3.05) is 0 Å². The van der Waals surface area contributed by atoms with Gasteiger partial charge in [0.15, 0.2) is 0 Å². The molecule has 0 atom stereocenters. The average Bonchev–Trinajstić information content (AvgIpc) is 2.94. The molecule has 2 heterocycles. The van der Waals surface area contributed by atoms with Crippen LogP contribution in [0.3, 0.4) is 0 Å². The first-order valence-corrected chi connectivity index (χ1v) is 7.07. The summed E-state index contributed by atoms with van der Waals surface area (Å²) in [6, 6.07) is 8.45. The van der Waals surface area contributed by atoms with Gasteiger partial charge in [0.05, 0.1) is 11.4 Å². The first-order valence-electron chi connectivity index (χ1n) is 7.07. The average molecular weight is 278 g/mol. The molecule has 3 aromatic rings. The fourth-order valence-electron chi connectivity index (χ4n) is 2.41. The molecule has 1 aromatic carbocycles. The minimum atomic E-state index is 0.436. The summed E-state index contributed by atoms with van der Waals surface area (Å²) in [6.45, 7) is 6.39. The van der Waals surface area contributed by atoms with Gasteiger partial charge in [-0.1, -0.05) is 26.0 Å². The topological polar surface area (TPSA) is 43.6 Å². The van der Waals surface area contributed by atoms with E-state index in [-0.39, 0.29) is 0 Å². The molecular weight excluding hydrogens is 260 g/mol. The Balaban J connectivity index is 2.15. The molecule has 0 spiro atoms. The molecule has 0 unspecified atom stereocenters. The van der Waals surface area contributed by atoms with Crippen LogP contribution in [0.1, 0.15) is 31.0 Å². The van der Waals surface area contributed by atoms with Gasteiger partial charge in [0.25, 0.3) is 0 Å². The molecule has 0 bridgehead atoms. The zero-order valence-electron chi connectivity index (χ0n) is 12.5. The molecule has 0 saturated carbocycles. The van der Waals surface area contributed by atoms with Gasteiger partial charge in [-0.25, -0.2) is 14.6 Å². The van der Waals surface area contributed by atoms with E-state index in [2.05, 4.69) is 47.1 Å². The Hall–Kier alpha value is -2.49. The number of hydrogen-bond acceptors (Lipinski definition) is 3. The van der Waals surface area contributed by atoms with Crippen LogP contribution in [0, 0.1) is 6.92 Å². The third kappa shape index (κ3) is 2.70. The lowest BCUT2D eigenvalue weighted by atomic mass is 9.97. The van der Waals surface area contributed by atoms with E-state index in [1.165, 1.54) is 5.56 Å². The van der Waals surface area contributed by atoms with Gasteiger partial charge in [0.1, 0.15) is 6.33 Å². The maximum absolute atomic E-state index is 4.54. The third-order valence-electron chi connectivity index (χ3n) is 3.52. The Morgan fingerprint density at radius 3 is 2.38 bits per heavy atom. The molecule has 4 heteroatoms. The van der Waals surface area contributed by atoms with Gasteiger partial charge in [-0.05, 0) is 36.1 Å². The Morgan fingerprint density at radius 1 is 1.00 bits per heavy atom. The van der Waals surface area contributed by atoms with Crippen LogP contribution < -0.4 is 0 Å². The molecule has 3 rings (SSSR count). The molecule has 0 fully saturated rings. The van der Waals surface area contributed by atoms with Gasteiger partial charge in [-0.15, -0.1) is 0 Å². The summed E-state index contributed by atoms with van der Waals surface area (Å²) in [5.74, 6) is 0.436. The fourth-order valence-corrected chi connectivity index (χ4v) is 2.41. The van der Waals surface area contributed by atoms with E-state index in [0.29, 0.717) is 5.92 Å². The number of rotatable bonds is 3. The standard InChI is InChI=1S/C17H18N4/c1-12(2)16-5-4-14(15-9-18-11-19-10-15)8-17(16)21-7-6-13(3)20-21/h4-12H,1-3H3. The van der Waals surface area contributed by atoms with E-state index in [0.717, 1.165) is 22.5 Å². The van der Waals surface area contributed by atoms with Gasteiger partial charge in [0.2, 0.25) is 0 Å². The van der Waals surface area contributed by atoms with Crippen molar-refractivity contribution in [2.24, 2.45) is 0 Å². The van der Waals surface area contributed by atoms with Crippen LogP contribution >= 0.6 is 0 Å². The van der Waals surface area contributed by atoms with Crippen LogP contribution in [-0.4, -0.2) is 19.7 Å². The Morgan fingerprint density at radius 2 is 1.76 bits per heavy atom. The van der Waals surface area contributed by atoms with Crippen LogP contribution in [0.4, 0.5) is 0 Å². The van der Waals surface area contributed by atoms with Gasteiger partial charge >= 0.3 is 0 Å². The summed E-state index contributed by atoms with van der Waals surface area (Å²) in [4.78, 5) is 8.18. The maximum Gasteiger partial charge on any atom is 0.115 e. The van der Waals surface area contributed by atoms with Crippen LogP contribution in [0.2, 0.25) is 0 Å². The molecule has 0 radical (unpaired) electrons. The Bertz CT molecular complexity index is 744. The second-order valence-electron chi connectivity index (χ2n) is 5.46. The number of aryl methyl sites for hydroxylation is 1. The number of nitrogens with zero attached hydrogens (tertiary/aromatic N) is 4. The molecule has 4 nitrogen and oxygen atoms in total. The van der Waals surface area contributed by atoms with Crippen molar-refractivity contribution < 1.29 is 0 Å². The molecule has 2 aromatic heterocycles. The number of aromatic nitrogens is 4. The maximum atomic E-state index is 4.54. The van der Waals surface area contributed by atoms with Crippen molar-refractivity contribution in [3.8, 4) is 16.8 Å². The quantitative estimate of drug-likeness (QED) is 0.732. The van der Waals surface area contributed by atoms with E-state index in [9.17, 15) is 0 Å². The highest BCUT2D eigenvalue weighted by atomic mass is 15.3. The summed E-state index contributed by atoms with van der Waals surface area (Å²) < 4.78 is 1.94. The predicted molar refractivity (Wildman–Crippen MR) is 83.4 cm³/mol. The van der Waals surface area contributed by atoms with Crippen molar-refractivity contribution in [1.29, 1.82) is 0 Å². The van der Waals surface area contributed by atoms with Gasteiger partial charge in [-0.2, -0.15) is 5.10 Å². The highest BCUT2D eigenvalue weighted by molar-refractivity contribution is 5.66. The first-order chi connectivity index (χ1) is 10.1. The fraction of sp³-hybridized carbons (Fsp3) is 0.235. The minimum absolute atomic E-state index is 0.436. The molecule has 0 aliphatic carbocycles. The largest absolute Gasteiger partial charge is 0.244 e. The van der Waals surface area contributed by atoms with Crippen molar-refractivity contribution in [1.82, 2.24) is 19.7 Å². The Labute approximate surface area is 124 Å². The number of hydrogen-bond donors (Lipinski definition) is 0. The molecule has 0 amide bonds. The summed E-state index contributed by atoms with van der Waals surface area (Å²) in [5.41, 5.74) is 5.51. The molecule has 106 valence electrons. The smallest absolute Gasteiger partial charge is 0.115 e. The first kappa shape index (κ1) is 13.5. The number of benzene rings is 1. The molecular formula is C17H18N4. The third-order valence-corrected chi connectivity index (χ3v) is 3.52. The summed E-state index contributed by atoms with van der Waals surface area (Å²) in [6.07, 6.45) is 7.20. The van der Waals surface area contributed by atoms with Gasteiger partial charge < -0.3 is 0 Å². The molecule has 0 aliphatic rings. The highest BCUT2D eigenvalue weighted by Crippen LogP contribution is 2.28. The van der Waals surface area contributed by atoms with Crippen molar-refractivity contribution in [3.05, 3.63) is 60.4 Å². The van der Waals surface area contributed by atoms with Crippen molar-refractivity contribution >= 4 is 0 Å². The zero-order chi connectivity index (χ0) is 14.8. The molecule has 21 heavy (non-hydrogen) atoms. The van der Waals surface area contributed by atoms with Gasteiger partial charge in [-0.3, -0.25) is 0 Å². The summed E-state index contributed by atoms with van der Waals surface area (Å²) in [7, 11) is 0. The van der Waals surface area contributed by atoms with Crippen LogP contribution in [-0.2, 0) is 0 Å². The van der Waals surface area contributed by atoms with Crippen LogP contribution in [0.5, 0.6) is 0 Å². The minimum Gasteiger partial charge on any atom is -0.244 e. The summed E-state index contributed by atoms with van der Waals surface area (Å²) in [5, 5.41) is 4.54. The van der Waals surface area contributed by atoms with Crippen LogP contribution in [0.15, 0.2) is 49.2 Å². The lowest BCUT2D eigenvalue weighted by molar-refractivity contribution is 0.802. The second-order valence-corrected chi connectivity index (χ2v) is 5.46. The van der Waals surface area contributed by atoms with E-state index < -0.39 is 0 Å². The SMILES string of the molecule is Cc1ccn(-c2cc(-c3cncnc3)ccc2C(C)C)n1. The molecule has 0 N–H and O–H groups in total. The van der Waals surface area contributed by atoms with E-state index in [4.69, 9.17) is 0 Å². The molecule has 0 aliphatic heterocycles. The zero-order valence-corrected chi connectivity index (χ0v) is 12.5. The van der Waals surface area contributed by atoms with E-state index in [1.54, 1.807) is 6.33 Å². The second kappa shape index (κ2) is 5.48. The monoisotopic (exact) mass is 278 g/mol. The van der Waals surface area contributed by atoms with E-state index >= 15 is 0 Å². The Kier molecular flexibility index (Phi) is 3.52. The van der Waals surface area contributed by atoms with Crippen molar-refractivity contribution in [3.63, 3.8) is 0 Å².